The highest BCUT2D eigenvalue weighted by Gasteiger charge is 2.12. The number of benzene rings is 1. The van der Waals surface area contributed by atoms with Crippen molar-refractivity contribution in [1.29, 1.82) is 0 Å². The van der Waals surface area contributed by atoms with E-state index in [0.29, 0.717) is 0 Å². The first-order valence-corrected chi connectivity index (χ1v) is 5.12. The Labute approximate surface area is 108 Å². The van der Waals surface area contributed by atoms with Crippen LogP contribution in [0, 0.1) is 11.8 Å². The fraction of sp³-hybridized carbons (Fsp3) is 0.154. The zero-order chi connectivity index (χ0) is 14.4. The number of esters is 1. The number of hydrogen-bond donors (Lipinski definition) is 2. The van der Waals surface area contributed by atoms with Gasteiger partial charge in [0.25, 0.3) is 0 Å². The Morgan fingerprint density at radius 1 is 1.21 bits per heavy atom. The third-order valence-electron chi connectivity index (χ3n) is 2.18. The van der Waals surface area contributed by atoms with Crippen LogP contribution in [0.4, 0.5) is 0 Å². The Hall–Kier alpha value is -2.81. The number of aromatic carboxylic acids is 2. The van der Waals surface area contributed by atoms with E-state index in [1.807, 2.05) is 0 Å². The molecule has 0 radical (unpaired) electrons. The maximum absolute atomic E-state index is 10.9. The summed E-state index contributed by atoms with van der Waals surface area (Å²) in [4.78, 5) is 32.6. The summed E-state index contributed by atoms with van der Waals surface area (Å²) >= 11 is 0. The third-order valence-corrected chi connectivity index (χ3v) is 2.18. The van der Waals surface area contributed by atoms with Crippen LogP contribution in [0.1, 0.15) is 32.7 Å². The maximum atomic E-state index is 10.9. The summed E-state index contributed by atoms with van der Waals surface area (Å²) in [5.41, 5.74) is -0.161. The molecule has 0 amide bonds. The fourth-order valence-corrected chi connectivity index (χ4v) is 1.25. The number of carboxylic acids is 2. The van der Waals surface area contributed by atoms with E-state index < -0.39 is 17.9 Å². The number of carboxylic acid groups (broad SMARTS) is 2. The highest BCUT2D eigenvalue weighted by atomic mass is 16.5. The molecule has 1 rings (SSSR count). The van der Waals surface area contributed by atoms with Gasteiger partial charge >= 0.3 is 17.9 Å². The molecule has 6 heteroatoms. The average Bonchev–Trinajstić information content (AvgIpc) is 2.37. The first-order chi connectivity index (χ1) is 8.95. The number of hydrogen-bond acceptors (Lipinski definition) is 4. The molecular formula is C13H10O6. The third kappa shape index (κ3) is 3.85. The van der Waals surface area contributed by atoms with Crippen molar-refractivity contribution in [1.82, 2.24) is 0 Å². The summed E-state index contributed by atoms with van der Waals surface area (Å²) in [5.74, 6) is 1.93. The lowest BCUT2D eigenvalue weighted by Crippen LogP contribution is -2.04. The van der Waals surface area contributed by atoms with Crippen molar-refractivity contribution >= 4 is 17.9 Å². The first kappa shape index (κ1) is 14.3. The first-order valence-electron chi connectivity index (χ1n) is 5.12. The second-order valence-electron chi connectivity index (χ2n) is 3.43. The zero-order valence-electron chi connectivity index (χ0n) is 9.97. The van der Waals surface area contributed by atoms with Gasteiger partial charge in [0, 0.05) is 5.56 Å². The monoisotopic (exact) mass is 262 g/mol. The molecule has 98 valence electrons. The summed E-state index contributed by atoms with van der Waals surface area (Å²) in [7, 11) is 1.21. The van der Waals surface area contributed by atoms with E-state index >= 15 is 0 Å². The average molecular weight is 262 g/mol. The molecular weight excluding hydrogens is 252 g/mol. The summed E-state index contributed by atoms with van der Waals surface area (Å²) in [6.07, 6.45) is -0.202. The van der Waals surface area contributed by atoms with E-state index in [-0.39, 0.29) is 23.1 Å². The van der Waals surface area contributed by atoms with Crippen LogP contribution < -0.4 is 0 Å². The van der Waals surface area contributed by atoms with Crippen molar-refractivity contribution in [2.45, 2.75) is 6.42 Å². The standard InChI is InChI=1S/C13H10O6/c1-19-11(14)4-2-3-8-7-9(12(15)16)5-6-10(8)13(17)18/h5-7H,4H2,1H3,(H,15,16)(H,17,18). The molecule has 0 aliphatic rings. The van der Waals surface area contributed by atoms with Gasteiger partial charge in [-0.2, -0.15) is 0 Å². The minimum Gasteiger partial charge on any atom is -0.478 e. The SMILES string of the molecule is COC(=O)CC#Cc1cc(C(=O)O)ccc1C(=O)O. The molecule has 0 aliphatic heterocycles. The van der Waals surface area contributed by atoms with Crippen molar-refractivity contribution in [3.8, 4) is 11.8 Å². The van der Waals surface area contributed by atoms with E-state index in [1.165, 1.54) is 13.2 Å². The van der Waals surface area contributed by atoms with Crippen LogP contribution in [0.25, 0.3) is 0 Å². The summed E-state index contributed by atoms with van der Waals surface area (Å²) < 4.78 is 4.38. The van der Waals surface area contributed by atoms with Gasteiger partial charge in [-0.15, -0.1) is 0 Å². The van der Waals surface area contributed by atoms with Gasteiger partial charge in [0.2, 0.25) is 0 Å². The predicted octanol–water partition coefficient (Wildman–Crippen LogP) is 0.998. The molecule has 0 aliphatic carbocycles. The van der Waals surface area contributed by atoms with E-state index in [9.17, 15) is 14.4 Å². The molecule has 0 saturated carbocycles. The molecule has 19 heavy (non-hydrogen) atoms. The van der Waals surface area contributed by atoms with Crippen LogP contribution in [0.2, 0.25) is 0 Å². The van der Waals surface area contributed by atoms with Crippen LogP contribution in [-0.4, -0.2) is 35.2 Å². The van der Waals surface area contributed by atoms with Gasteiger partial charge in [-0.3, -0.25) is 4.79 Å². The van der Waals surface area contributed by atoms with Gasteiger partial charge in [0.1, 0.15) is 6.42 Å². The van der Waals surface area contributed by atoms with Crippen molar-refractivity contribution in [3.63, 3.8) is 0 Å². The Morgan fingerprint density at radius 3 is 2.42 bits per heavy atom. The quantitative estimate of drug-likeness (QED) is 0.622. The van der Waals surface area contributed by atoms with Crippen molar-refractivity contribution in [2.75, 3.05) is 7.11 Å². The van der Waals surface area contributed by atoms with Crippen LogP contribution >= 0.6 is 0 Å². The van der Waals surface area contributed by atoms with Crippen LogP contribution in [0.5, 0.6) is 0 Å². The number of carbonyl (C=O) groups is 3. The van der Waals surface area contributed by atoms with E-state index in [2.05, 4.69) is 16.6 Å². The second-order valence-corrected chi connectivity index (χ2v) is 3.43. The van der Waals surface area contributed by atoms with Gasteiger partial charge in [0.15, 0.2) is 0 Å². The lowest BCUT2D eigenvalue weighted by atomic mass is 10.0. The Bertz CT molecular complexity index is 591. The highest BCUT2D eigenvalue weighted by molar-refractivity contribution is 5.94. The predicted molar refractivity (Wildman–Crippen MR) is 63.9 cm³/mol. The number of ether oxygens (including phenoxy) is 1. The van der Waals surface area contributed by atoms with Gasteiger partial charge < -0.3 is 14.9 Å². The molecule has 0 heterocycles. The number of carbonyl (C=O) groups excluding carboxylic acids is 1. The lowest BCUT2D eigenvalue weighted by molar-refractivity contribution is -0.139. The van der Waals surface area contributed by atoms with Gasteiger partial charge in [0.05, 0.1) is 18.2 Å². The molecule has 0 unspecified atom stereocenters. The molecule has 0 saturated heterocycles. The molecule has 2 N–H and O–H groups in total. The van der Waals surface area contributed by atoms with E-state index in [1.54, 1.807) is 0 Å². The van der Waals surface area contributed by atoms with E-state index in [0.717, 1.165) is 12.1 Å². The van der Waals surface area contributed by atoms with Gasteiger partial charge in [-0.05, 0) is 18.2 Å². The number of methoxy groups -OCH3 is 1. The molecule has 1 aromatic carbocycles. The van der Waals surface area contributed by atoms with Crippen LogP contribution in [-0.2, 0) is 9.53 Å². The topological polar surface area (TPSA) is 101 Å². The molecule has 6 nitrogen and oxygen atoms in total. The molecule has 1 aromatic rings. The zero-order valence-corrected chi connectivity index (χ0v) is 9.97. The molecule has 0 spiro atoms. The minimum absolute atomic E-state index is 0.0382. The van der Waals surface area contributed by atoms with Crippen LogP contribution in [0.15, 0.2) is 18.2 Å². The lowest BCUT2D eigenvalue weighted by Gasteiger charge is -2.01. The smallest absolute Gasteiger partial charge is 0.336 e. The normalized spacial score (nSPS) is 9.11. The molecule has 0 aromatic heterocycles. The molecule has 0 fully saturated rings. The Kier molecular flexibility index (Phi) is 4.66. The minimum atomic E-state index is -1.22. The fourth-order valence-electron chi connectivity index (χ4n) is 1.25. The second kappa shape index (κ2) is 6.21. The largest absolute Gasteiger partial charge is 0.478 e. The van der Waals surface area contributed by atoms with Crippen molar-refractivity contribution in [3.05, 3.63) is 34.9 Å². The Morgan fingerprint density at radius 2 is 1.89 bits per heavy atom. The van der Waals surface area contributed by atoms with Crippen molar-refractivity contribution < 1.29 is 29.3 Å². The van der Waals surface area contributed by atoms with E-state index in [4.69, 9.17) is 10.2 Å². The summed E-state index contributed by atoms with van der Waals surface area (Å²) in [6.45, 7) is 0. The molecule has 0 atom stereocenters. The summed E-state index contributed by atoms with van der Waals surface area (Å²) in [6, 6.07) is 3.49. The molecule has 0 bridgehead atoms. The number of rotatable bonds is 3. The summed E-state index contributed by atoms with van der Waals surface area (Å²) in [5, 5.41) is 17.8. The van der Waals surface area contributed by atoms with Gasteiger partial charge in [-0.25, -0.2) is 9.59 Å². The highest BCUT2D eigenvalue weighted by Crippen LogP contribution is 2.11. The maximum Gasteiger partial charge on any atom is 0.336 e. The Balaban J connectivity index is 3.14. The van der Waals surface area contributed by atoms with Crippen molar-refractivity contribution in [2.24, 2.45) is 0 Å². The van der Waals surface area contributed by atoms with Gasteiger partial charge in [-0.1, -0.05) is 11.8 Å². The van der Waals surface area contributed by atoms with Crippen LogP contribution in [0.3, 0.4) is 0 Å².